The first-order valence-electron chi connectivity index (χ1n) is 13.4. The first kappa shape index (κ1) is 28.0. The zero-order valence-electron chi connectivity index (χ0n) is 23.6. The summed E-state index contributed by atoms with van der Waals surface area (Å²) in [5.74, 6) is 0.153. The lowest BCUT2D eigenvalue weighted by Crippen LogP contribution is -2.37. The molecule has 5 aromatic rings. The Morgan fingerprint density at radius 1 is 0.854 bits per heavy atom. The van der Waals surface area contributed by atoms with Crippen molar-refractivity contribution in [2.75, 3.05) is 42.6 Å². The standard InChI is InChI=1S/C33H33N3O4S/c1-23-15-17-25(18-16-23)32-31(33(37)34-2)28-21-27(24-11-7-5-8-12-24)29(22-30(28)40-32)36(41(4,38)39)20-19-35(3)26-13-9-6-10-14-26/h5-18,21-22H,19-20H2,1-4H3,(H,34,37). The zero-order chi connectivity index (χ0) is 29.1. The number of furan rings is 1. The number of carbonyl (C=O) groups is 1. The molecule has 5 rings (SSSR count). The molecule has 7 nitrogen and oxygen atoms in total. The van der Waals surface area contributed by atoms with E-state index < -0.39 is 10.0 Å². The van der Waals surface area contributed by atoms with Gasteiger partial charge in [0.15, 0.2) is 0 Å². The summed E-state index contributed by atoms with van der Waals surface area (Å²) in [5.41, 5.74) is 5.68. The number of sulfonamides is 1. The van der Waals surface area contributed by atoms with Crippen molar-refractivity contribution in [1.29, 1.82) is 0 Å². The minimum Gasteiger partial charge on any atom is -0.455 e. The van der Waals surface area contributed by atoms with Gasteiger partial charge in [-0.15, -0.1) is 0 Å². The predicted octanol–water partition coefficient (Wildman–Crippen LogP) is 6.34. The largest absolute Gasteiger partial charge is 0.455 e. The van der Waals surface area contributed by atoms with E-state index in [2.05, 4.69) is 5.32 Å². The highest BCUT2D eigenvalue weighted by molar-refractivity contribution is 7.92. The summed E-state index contributed by atoms with van der Waals surface area (Å²) >= 11 is 0. The predicted molar refractivity (Wildman–Crippen MR) is 167 cm³/mol. The second-order valence-corrected chi connectivity index (χ2v) is 12.0. The highest BCUT2D eigenvalue weighted by atomic mass is 32.2. The van der Waals surface area contributed by atoms with Crippen molar-refractivity contribution >= 4 is 38.3 Å². The highest BCUT2D eigenvalue weighted by Crippen LogP contribution is 2.41. The number of amides is 1. The minimum atomic E-state index is -3.69. The third-order valence-electron chi connectivity index (χ3n) is 7.16. The SMILES string of the molecule is CNC(=O)c1c(-c2ccc(C)cc2)oc2cc(N(CCN(C)c3ccccc3)S(C)(=O)=O)c(-c3ccccc3)cc12. The van der Waals surface area contributed by atoms with Crippen molar-refractivity contribution in [1.82, 2.24) is 5.32 Å². The van der Waals surface area contributed by atoms with Gasteiger partial charge in [-0.1, -0.05) is 78.4 Å². The van der Waals surface area contributed by atoms with E-state index in [4.69, 9.17) is 4.42 Å². The fourth-order valence-electron chi connectivity index (χ4n) is 4.96. The molecule has 41 heavy (non-hydrogen) atoms. The molecule has 8 heteroatoms. The average Bonchev–Trinajstić information content (AvgIpc) is 3.35. The molecule has 4 aromatic carbocycles. The van der Waals surface area contributed by atoms with E-state index >= 15 is 0 Å². The summed E-state index contributed by atoms with van der Waals surface area (Å²) in [6, 6.07) is 30.8. The van der Waals surface area contributed by atoms with Gasteiger partial charge < -0.3 is 14.6 Å². The van der Waals surface area contributed by atoms with Crippen molar-refractivity contribution in [3.8, 4) is 22.5 Å². The van der Waals surface area contributed by atoms with Gasteiger partial charge in [0.2, 0.25) is 10.0 Å². The number of hydrogen-bond donors (Lipinski definition) is 1. The van der Waals surface area contributed by atoms with Crippen LogP contribution in [0.15, 0.2) is 101 Å². The summed E-state index contributed by atoms with van der Waals surface area (Å²) in [6.45, 7) is 2.67. The van der Waals surface area contributed by atoms with Gasteiger partial charge >= 0.3 is 0 Å². The summed E-state index contributed by atoms with van der Waals surface area (Å²) < 4.78 is 34.3. The number of nitrogens with one attached hydrogen (secondary N) is 1. The summed E-state index contributed by atoms with van der Waals surface area (Å²) in [5, 5.41) is 3.35. The van der Waals surface area contributed by atoms with Gasteiger partial charge in [0.05, 0.1) is 24.1 Å². The Hall–Kier alpha value is -4.56. The lowest BCUT2D eigenvalue weighted by molar-refractivity contribution is 0.0964. The average molecular weight is 568 g/mol. The van der Waals surface area contributed by atoms with E-state index in [0.29, 0.717) is 40.1 Å². The Labute approximate surface area is 241 Å². The number of benzene rings is 4. The molecule has 0 radical (unpaired) electrons. The molecule has 0 bridgehead atoms. The molecule has 0 saturated heterocycles. The third kappa shape index (κ3) is 5.83. The normalized spacial score (nSPS) is 11.4. The molecule has 1 amide bonds. The Kier molecular flexibility index (Phi) is 7.85. The summed E-state index contributed by atoms with van der Waals surface area (Å²) in [6.07, 6.45) is 1.21. The van der Waals surface area contributed by atoms with Gasteiger partial charge in [-0.25, -0.2) is 8.42 Å². The number of likely N-dealkylation sites (N-methyl/N-ethyl adjacent to an activating group) is 1. The van der Waals surface area contributed by atoms with Crippen LogP contribution in [-0.2, 0) is 10.0 Å². The fourth-order valence-corrected chi connectivity index (χ4v) is 5.89. The second-order valence-electron chi connectivity index (χ2n) is 10.1. The molecule has 0 unspecified atom stereocenters. The molecule has 0 saturated carbocycles. The molecular formula is C33H33N3O4S. The van der Waals surface area contributed by atoms with E-state index in [0.717, 1.165) is 22.4 Å². The topological polar surface area (TPSA) is 82.9 Å². The van der Waals surface area contributed by atoms with Crippen LogP contribution in [0.1, 0.15) is 15.9 Å². The van der Waals surface area contributed by atoms with Crippen molar-refractivity contribution in [2.45, 2.75) is 6.92 Å². The number of para-hydroxylation sites is 1. The number of hydrogen-bond acceptors (Lipinski definition) is 5. The van der Waals surface area contributed by atoms with Crippen molar-refractivity contribution in [2.24, 2.45) is 0 Å². The number of rotatable bonds is 9. The van der Waals surface area contributed by atoms with E-state index in [9.17, 15) is 13.2 Å². The van der Waals surface area contributed by atoms with Crippen molar-refractivity contribution < 1.29 is 17.6 Å². The van der Waals surface area contributed by atoms with Gasteiger partial charge in [-0.3, -0.25) is 9.10 Å². The molecule has 1 heterocycles. The number of nitrogens with zero attached hydrogens (tertiary/aromatic N) is 2. The second kappa shape index (κ2) is 11.5. The van der Waals surface area contributed by atoms with Crippen LogP contribution in [-0.4, -0.2) is 47.8 Å². The van der Waals surface area contributed by atoms with Crippen molar-refractivity contribution in [3.63, 3.8) is 0 Å². The van der Waals surface area contributed by atoms with Crippen LogP contribution >= 0.6 is 0 Å². The maximum atomic E-state index is 13.3. The maximum absolute atomic E-state index is 13.3. The van der Waals surface area contributed by atoms with Crippen LogP contribution in [0.25, 0.3) is 33.4 Å². The number of anilines is 2. The molecule has 0 spiro atoms. The third-order valence-corrected chi connectivity index (χ3v) is 8.34. The monoisotopic (exact) mass is 567 g/mol. The molecular weight excluding hydrogens is 534 g/mol. The molecule has 1 aromatic heterocycles. The lowest BCUT2D eigenvalue weighted by Gasteiger charge is -2.28. The van der Waals surface area contributed by atoms with E-state index in [-0.39, 0.29) is 12.5 Å². The molecule has 0 aliphatic rings. The number of aryl methyl sites for hydroxylation is 1. The van der Waals surface area contributed by atoms with Gasteiger partial charge in [0, 0.05) is 48.9 Å². The number of fused-ring (bicyclic) bond motifs is 1. The number of carbonyl (C=O) groups excluding carboxylic acids is 1. The van der Waals surface area contributed by atoms with Crippen LogP contribution in [0.4, 0.5) is 11.4 Å². The molecule has 210 valence electrons. The minimum absolute atomic E-state index is 0.212. The maximum Gasteiger partial charge on any atom is 0.255 e. The van der Waals surface area contributed by atoms with Crippen LogP contribution in [0.2, 0.25) is 0 Å². The van der Waals surface area contributed by atoms with E-state index in [1.807, 2.05) is 110 Å². The van der Waals surface area contributed by atoms with E-state index in [1.165, 1.54) is 10.6 Å². The Bertz CT molecular complexity index is 1780. The molecule has 0 aliphatic heterocycles. The van der Waals surface area contributed by atoms with Gasteiger partial charge in [-0.2, -0.15) is 0 Å². The van der Waals surface area contributed by atoms with Crippen LogP contribution in [0.3, 0.4) is 0 Å². The Morgan fingerprint density at radius 3 is 2.10 bits per heavy atom. The van der Waals surface area contributed by atoms with E-state index in [1.54, 1.807) is 13.1 Å². The molecule has 0 aliphatic carbocycles. The highest BCUT2D eigenvalue weighted by Gasteiger charge is 2.27. The fraction of sp³-hybridized carbons (Fsp3) is 0.182. The molecule has 0 fully saturated rings. The molecule has 0 atom stereocenters. The quantitative estimate of drug-likeness (QED) is 0.225. The lowest BCUT2D eigenvalue weighted by atomic mass is 9.98. The summed E-state index contributed by atoms with van der Waals surface area (Å²) in [4.78, 5) is 15.2. The van der Waals surface area contributed by atoms with Gasteiger partial charge in [0.1, 0.15) is 11.3 Å². The Balaban J connectivity index is 1.71. The zero-order valence-corrected chi connectivity index (χ0v) is 24.4. The van der Waals surface area contributed by atoms with Gasteiger partial charge in [-0.05, 0) is 30.7 Å². The van der Waals surface area contributed by atoms with Gasteiger partial charge in [0.25, 0.3) is 5.91 Å². The van der Waals surface area contributed by atoms with Crippen LogP contribution in [0.5, 0.6) is 0 Å². The Morgan fingerprint density at radius 2 is 1.49 bits per heavy atom. The van der Waals surface area contributed by atoms with Crippen LogP contribution < -0.4 is 14.5 Å². The first-order chi connectivity index (χ1) is 19.7. The first-order valence-corrected chi connectivity index (χ1v) is 15.2. The smallest absolute Gasteiger partial charge is 0.255 e. The summed E-state index contributed by atoms with van der Waals surface area (Å²) in [7, 11) is -0.168. The molecule has 1 N–H and O–H groups in total. The van der Waals surface area contributed by atoms with Crippen LogP contribution in [0, 0.1) is 6.92 Å². The van der Waals surface area contributed by atoms with Crippen molar-refractivity contribution in [3.05, 3.63) is 108 Å².